The van der Waals surface area contributed by atoms with Crippen molar-refractivity contribution >= 4 is 6.09 Å². The molecular formula is C15H20F3NO3. The molecule has 0 saturated heterocycles. The number of alkyl carbamates (subject to hydrolysis) is 1. The third kappa shape index (κ3) is 6.24. The molecule has 0 bridgehead atoms. The van der Waals surface area contributed by atoms with Crippen LogP contribution in [0.25, 0.3) is 0 Å². The van der Waals surface area contributed by atoms with Gasteiger partial charge in [0.25, 0.3) is 0 Å². The summed E-state index contributed by atoms with van der Waals surface area (Å²) < 4.78 is 48.0. The zero-order chi connectivity index (χ0) is 17.0. The van der Waals surface area contributed by atoms with E-state index in [1.54, 1.807) is 20.8 Å². The first-order valence-electron chi connectivity index (χ1n) is 6.76. The van der Waals surface area contributed by atoms with Crippen LogP contribution in [-0.4, -0.2) is 24.8 Å². The lowest BCUT2D eigenvalue weighted by atomic mass is 10.1. The molecule has 1 amide bonds. The predicted molar refractivity (Wildman–Crippen MR) is 75.9 cm³/mol. The van der Waals surface area contributed by atoms with Crippen LogP contribution >= 0.6 is 0 Å². The Morgan fingerprint density at radius 1 is 1.23 bits per heavy atom. The number of rotatable bonds is 4. The van der Waals surface area contributed by atoms with E-state index in [-0.39, 0.29) is 13.2 Å². The Labute approximate surface area is 127 Å². The second-order valence-corrected chi connectivity index (χ2v) is 5.76. The highest BCUT2D eigenvalue weighted by Gasteiger charge is 2.30. The van der Waals surface area contributed by atoms with E-state index >= 15 is 0 Å². The van der Waals surface area contributed by atoms with E-state index in [0.717, 1.165) is 12.1 Å². The summed E-state index contributed by atoms with van der Waals surface area (Å²) in [7, 11) is 0. The van der Waals surface area contributed by atoms with E-state index in [2.05, 4.69) is 5.32 Å². The topological polar surface area (TPSA) is 47.6 Å². The Morgan fingerprint density at radius 3 is 2.36 bits per heavy atom. The molecule has 1 aromatic carbocycles. The number of hydrogen-bond acceptors (Lipinski definition) is 3. The van der Waals surface area contributed by atoms with Gasteiger partial charge < -0.3 is 14.8 Å². The highest BCUT2D eigenvalue weighted by Crippen LogP contribution is 2.32. The fourth-order valence-electron chi connectivity index (χ4n) is 1.62. The standard InChI is InChI=1S/C15H20F3NO3/c1-10-9-11(15(16,17)18)5-6-12(10)21-8-7-19-13(20)22-14(2,3)4/h5-6,9H,7-8H2,1-4H3,(H,19,20). The van der Waals surface area contributed by atoms with E-state index in [4.69, 9.17) is 9.47 Å². The third-order valence-corrected chi connectivity index (χ3v) is 2.53. The van der Waals surface area contributed by atoms with Gasteiger partial charge in [-0.1, -0.05) is 0 Å². The number of nitrogens with one attached hydrogen (secondary N) is 1. The van der Waals surface area contributed by atoms with Gasteiger partial charge >= 0.3 is 12.3 Å². The average Bonchev–Trinajstić information content (AvgIpc) is 2.32. The van der Waals surface area contributed by atoms with Crippen LogP contribution in [0.2, 0.25) is 0 Å². The number of carbonyl (C=O) groups is 1. The Balaban J connectivity index is 2.45. The number of ether oxygens (including phenoxy) is 2. The van der Waals surface area contributed by atoms with Crippen LogP contribution in [0.4, 0.5) is 18.0 Å². The van der Waals surface area contributed by atoms with Crippen LogP contribution in [-0.2, 0) is 10.9 Å². The Kier molecular flexibility index (Phi) is 5.68. The quantitative estimate of drug-likeness (QED) is 0.856. The molecule has 0 aliphatic carbocycles. The number of alkyl halides is 3. The van der Waals surface area contributed by atoms with Gasteiger partial charge in [-0.25, -0.2) is 4.79 Å². The van der Waals surface area contributed by atoms with Crippen LogP contribution in [0, 0.1) is 6.92 Å². The molecule has 1 aromatic rings. The minimum Gasteiger partial charge on any atom is -0.491 e. The van der Waals surface area contributed by atoms with E-state index in [1.165, 1.54) is 13.0 Å². The van der Waals surface area contributed by atoms with Gasteiger partial charge in [0.15, 0.2) is 0 Å². The molecule has 0 aliphatic rings. The molecule has 0 unspecified atom stereocenters. The maximum atomic E-state index is 12.5. The predicted octanol–water partition coefficient (Wildman–Crippen LogP) is 3.92. The van der Waals surface area contributed by atoms with Crippen molar-refractivity contribution in [2.24, 2.45) is 0 Å². The summed E-state index contributed by atoms with van der Waals surface area (Å²) in [5, 5.41) is 2.50. The lowest BCUT2D eigenvalue weighted by molar-refractivity contribution is -0.137. The second-order valence-electron chi connectivity index (χ2n) is 5.76. The number of carbonyl (C=O) groups excluding carboxylic acids is 1. The van der Waals surface area contributed by atoms with Crippen LogP contribution in [0.1, 0.15) is 31.9 Å². The van der Waals surface area contributed by atoms with Crippen molar-refractivity contribution in [3.8, 4) is 5.75 Å². The average molecular weight is 319 g/mol. The number of aryl methyl sites for hydroxylation is 1. The Bertz CT molecular complexity index is 522. The molecule has 7 heteroatoms. The van der Waals surface area contributed by atoms with Crippen molar-refractivity contribution in [2.75, 3.05) is 13.2 Å². The molecule has 0 atom stereocenters. The molecule has 0 radical (unpaired) electrons. The van der Waals surface area contributed by atoms with Gasteiger partial charge in [-0.15, -0.1) is 0 Å². The smallest absolute Gasteiger partial charge is 0.416 e. The Morgan fingerprint density at radius 2 is 1.86 bits per heavy atom. The maximum absolute atomic E-state index is 12.5. The van der Waals surface area contributed by atoms with Crippen LogP contribution in [0.5, 0.6) is 5.75 Å². The number of benzene rings is 1. The summed E-state index contributed by atoms with van der Waals surface area (Å²) in [5.74, 6) is 0.346. The number of hydrogen-bond donors (Lipinski definition) is 1. The van der Waals surface area contributed by atoms with Crippen molar-refractivity contribution in [1.29, 1.82) is 0 Å². The van der Waals surface area contributed by atoms with Crippen molar-refractivity contribution in [1.82, 2.24) is 5.32 Å². The molecule has 1 N–H and O–H groups in total. The monoisotopic (exact) mass is 319 g/mol. The van der Waals surface area contributed by atoms with E-state index in [0.29, 0.717) is 11.3 Å². The van der Waals surface area contributed by atoms with Gasteiger partial charge in [0.1, 0.15) is 18.0 Å². The van der Waals surface area contributed by atoms with E-state index in [9.17, 15) is 18.0 Å². The molecule has 0 fully saturated rings. The van der Waals surface area contributed by atoms with Gasteiger partial charge in [0, 0.05) is 0 Å². The SMILES string of the molecule is Cc1cc(C(F)(F)F)ccc1OCCNC(=O)OC(C)(C)C. The molecule has 0 saturated carbocycles. The highest BCUT2D eigenvalue weighted by atomic mass is 19.4. The molecule has 4 nitrogen and oxygen atoms in total. The first-order valence-corrected chi connectivity index (χ1v) is 6.76. The van der Waals surface area contributed by atoms with Gasteiger partial charge in [-0.2, -0.15) is 13.2 Å². The van der Waals surface area contributed by atoms with Crippen LogP contribution in [0.3, 0.4) is 0 Å². The first kappa shape index (κ1) is 18.1. The zero-order valence-electron chi connectivity index (χ0n) is 13.0. The number of halogens is 3. The van der Waals surface area contributed by atoms with Gasteiger partial charge in [-0.05, 0) is 51.5 Å². The minimum atomic E-state index is -4.37. The lowest BCUT2D eigenvalue weighted by Crippen LogP contribution is -2.34. The van der Waals surface area contributed by atoms with E-state index in [1.807, 2.05) is 0 Å². The molecule has 124 valence electrons. The van der Waals surface area contributed by atoms with Gasteiger partial charge in [-0.3, -0.25) is 0 Å². The fourth-order valence-corrected chi connectivity index (χ4v) is 1.62. The third-order valence-electron chi connectivity index (χ3n) is 2.53. The molecule has 22 heavy (non-hydrogen) atoms. The molecule has 0 heterocycles. The maximum Gasteiger partial charge on any atom is 0.416 e. The van der Waals surface area contributed by atoms with Crippen molar-refractivity contribution in [2.45, 2.75) is 39.5 Å². The van der Waals surface area contributed by atoms with Crippen molar-refractivity contribution < 1.29 is 27.4 Å². The largest absolute Gasteiger partial charge is 0.491 e. The fraction of sp³-hybridized carbons (Fsp3) is 0.533. The normalized spacial score (nSPS) is 12.0. The molecule has 0 spiro atoms. The van der Waals surface area contributed by atoms with Crippen LogP contribution in [0.15, 0.2) is 18.2 Å². The zero-order valence-corrected chi connectivity index (χ0v) is 13.0. The lowest BCUT2D eigenvalue weighted by Gasteiger charge is -2.19. The van der Waals surface area contributed by atoms with Crippen molar-refractivity contribution in [3.05, 3.63) is 29.3 Å². The summed E-state index contributed by atoms with van der Waals surface area (Å²) in [6.45, 7) is 7.09. The summed E-state index contributed by atoms with van der Waals surface area (Å²) in [5.41, 5.74) is -0.925. The minimum absolute atomic E-state index is 0.130. The summed E-state index contributed by atoms with van der Waals surface area (Å²) in [6, 6.07) is 3.26. The molecular weight excluding hydrogens is 299 g/mol. The number of amides is 1. The van der Waals surface area contributed by atoms with Gasteiger partial charge in [0.2, 0.25) is 0 Å². The van der Waals surface area contributed by atoms with Gasteiger partial charge in [0.05, 0.1) is 12.1 Å². The van der Waals surface area contributed by atoms with Crippen molar-refractivity contribution in [3.63, 3.8) is 0 Å². The second kappa shape index (κ2) is 6.89. The summed E-state index contributed by atoms with van der Waals surface area (Å²) >= 11 is 0. The summed E-state index contributed by atoms with van der Waals surface area (Å²) in [6.07, 6.45) is -4.94. The molecule has 1 rings (SSSR count). The Hall–Kier alpha value is -1.92. The van der Waals surface area contributed by atoms with Crippen LogP contribution < -0.4 is 10.1 Å². The molecule has 0 aliphatic heterocycles. The van der Waals surface area contributed by atoms with E-state index < -0.39 is 23.4 Å². The molecule has 0 aromatic heterocycles. The summed E-state index contributed by atoms with van der Waals surface area (Å²) in [4.78, 5) is 11.4. The highest BCUT2D eigenvalue weighted by molar-refractivity contribution is 5.67. The first-order chi connectivity index (χ1) is 9.99.